The average Bonchev–Trinajstić information content (AvgIpc) is 3.53. The van der Waals surface area contributed by atoms with Gasteiger partial charge in [0.15, 0.2) is 5.82 Å². The molecule has 0 unspecified atom stereocenters. The lowest BCUT2D eigenvalue weighted by atomic mass is 9.81. The Morgan fingerprint density at radius 2 is 1.66 bits per heavy atom. The molecule has 5 rings (SSSR count). The summed E-state index contributed by atoms with van der Waals surface area (Å²) < 4.78 is 5.75. The van der Waals surface area contributed by atoms with Gasteiger partial charge in [-0.25, -0.2) is 15.0 Å². The molecule has 2 aromatic carbocycles. The molecular formula is C35H43ClN8O3. The van der Waals surface area contributed by atoms with Crippen LogP contribution in [0.15, 0.2) is 66.9 Å². The van der Waals surface area contributed by atoms with Gasteiger partial charge in [0.05, 0.1) is 18.3 Å². The molecule has 1 fully saturated rings. The summed E-state index contributed by atoms with van der Waals surface area (Å²) in [7, 11) is 4.07. The zero-order chi connectivity index (χ0) is 33.3. The predicted molar refractivity (Wildman–Crippen MR) is 184 cm³/mol. The smallest absolute Gasteiger partial charge is 0.251 e. The highest BCUT2D eigenvalue weighted by Gasteiger charge is 2.35. The molecule has 11 nitrogen and oxygen atoms in total. The van der Waals surface area contributed by atoms with E-state index in [1.54, 1.807) is 30.5 Å². The van der Waals surface area contributed by atoms with Gasteiger partial charge in [-0.15, -0.1) is 0 Å². The number of imide groups is 1. The number of anilines is 1. The van der Waals surface area contributed by atoms with E-state index < -0.39 is 11.9 Å². The number of ether oxygens (including phenoxy) is 1. The second kappa shape index (κ2) is 16.1. The van der Waals surface area contributed by atoms with E-state index in [1.807, 2.05) is 50.5 Å². The van der Waals surface area contributed by atoms with Gasteiger partial charge in [0.1, 0.15) is 0 Å². The molecule has 2 heterocycles. The molecular weight excluding hydrogens is 616 g/mol. The van der Waals surface area contributed by atoms with Crippen LogP contribution in [0.3, 0.4) is 0 Å². The molecule has 2 aromatic heterocycles. The van der Waals surface area contributed by atoms with Crippen molar-refractivity contribution in [3.63, 3.8) is 0 Å². The number of H-pyrrole nitrogens is 1. The molecule has 248 valence electrons. The van der Waals surface area contributed by atoms with Gasteiger partial charge in [-0.3, -0.25) is 9.59 Å². The van der Waals surface area contributed by atoms with Crippen molar-refractivity contribution in [3.8, 4) is 28.4 Å². The molecule has 1 saturated carbocycles. The van der Waals surface area contributed by atoms with Crippen LogP contribution in [0.25, 0.3) is 22.5 Å². The molecule has 4 aromatic rings. The minimum Gasteiger partial charge on any atom is -0.478 e. The Bertz CT molecular complexity index is 1600. The molecule has 5 N–H and O–H groups in total. The van der Waals surface area contributed by atoms with Gasteiger partial charge in [0.25, 0.3) is 5.91 Å². The SMILES string of the molecule is CN(C)CCCOc1ccc(-c2ccc(C[C@H](N)C(=O)N(C(=O)C3CCC(CN)CC3)c3ccc(-c4n[nH]c(Cl)n4)cc3)cc2)cn1. The maximum Gasteiger partial charge on any atom is 0.251 e. The van der Waals surface area contributed by atoms with Crippen LogP contribution in [0.2, 0.25) is 5.28 Å². The number of aromatic nitrogens is 4. The lowest BCUT2D eigenvalue weighted by Crippen LogP contribution is -2.50. The number of nitrogens with zero attached hydrogens (tertiary/aromatic N) is 5. The summed E-state index contributed by atoms with van der Waals surface area (Å²) in [5.41, 5.74) is 16.4. The van der Waals surface area contributed by atoms with Gasteiger partial charge in [0, 0.05) is 35.9 Å². The molecule has 1 aliphatic rings. The number of hydrogen-bond donors (Lipinski definition) is 3. The number of halogens is 1. The largest absolute Gasteiger partial charge is 0.478 e. The zero-order valence-electron chi connectivity index (χ0n) is 26.9. The highest BCUT2D eigenvalue weighted by Crippen LogP contribution is 2.32. The fourth-order valence-corrected chi connectivity index (χ4v) is 5.98. The van der Waals surface area contributed by atoms with Gasteiger partial charge < -0.3 is 21.1 Å². The lowest BCUT2D eigenvalue weighted by Gasteiger charge is -2.32. The normalized spacial score (nSPS) is 17.0. The molecule has 47 heavy (non-hydrogen) atoms. The van der Waals surface area contributed by atoms with Gasteiger partial charge in [0.2, 0.25) is 17.1 Å². The van der Waals surface area contributed by atoms with E-state index in [1.165, 1.54) is 4.90 Å². The van der Waals surface area contributed by atoms with Crippen molar-refractivity contribution in [2.75, 3.05) is 38.7 Å². The number of aromatic amines is 1. The van der Waals surface area contributed by atoms with E-state index in [4.69, 9.17) is 27.8 Å². The number of benzene rings is 2. The summed E-state index contributed by atoms with van der Waals surface area (Å²) in [5, 5.41) is 6.87. The quantitative estimate of drug-likeness (QED) is 0.173. The van der Waals surface area contributed by atoms with Crippen molar-refractivity contribution in [2.24, 2.45) is 23.3 Å². The van der Waals surface area contributed by atoms with E-state index in [0.717, 1.165) is 42.5 Å². The molecule has 1 atom stereocenters. The van der Waals surface area contributed by atoms with Crippen molar-refractivity contribution in [2.45, 2.75) is 44.6 Å². The minimum absolute atomic E-state index is 0.175. The molecule has 2 amide bonds. The van der Waals surface area contributed by atoms with Gasteiger partial charge in [-0.1, -0.05) is 24.3 Å². The summed E-state index contributed by atoms with van der Waals surface area (Å²) in [5.74, 6) is 0.463. The molecule has 0 saturated heterocycles. The minimum atomic E-state index is -0.928. The Labute approximate surface area is 280 Å². The summed E-state index contributed by atoms with van der Waals surface area (Å²) in [6, 6.07) is 17.7. The number of nitrogens with two attached hydrogens (primary N) is 2. The summed E-state index contributed by atoms with van der Waals surface area (Å²) in [4.78, 5) is 39.9. The Balaban J connectivity index is 1.27. The molecule has 0 aliphatic heterocycles. The summed E-state index contributed by atoms with van der Waals surface area (Å²) in [6.07, 6.45) is 6.09. The fourth-order valence-electron chi connectivity index (χ4n) is 5.86. The number of hydrogen-bond acceptors (Lipinski definition) is 9. The molecule has 1 aliphatic carbocycles. The summed E-state index contributed by atoms with van der Waals surface area (Å²) in [6.45, 7) is 2.17. The second-order valence-electron chi connectivity index (χ2n) is 12.4. The fraction of sp³-hybridized carbons (Fsp3) is 0.400. The van der Waals surface area contributed by atoms with E-state index in [9.17, 15) is 9.59 Å². The number of pyridine rings is 1. The Hall–Kier alpha value is -4.16. The van der Waals surface area contributed by atoms with Crippen LogP contribution in [-0.2, 0) is 16.0 Å². The Morgan fingerprint density at radius 1 is 0.979 bits per heavy atom. The number of amides is 2. The number of carbonyl (C=O) groups is 2. The van der Waals surface area contributed by atoms with E-state index in [2.05, 4.69) is 25.1 Å². The third kappa shape index (κ3) is 9.01. The van der Waals surface area contributed by atoms with E-state index in [0.29, 0.717) is 54.9 Å². The number of rotatable bonds is 13. The van der Waals surface area contributed by atoms with Crippen LogP contribution >= 0.6 is 11.6 Å². The van der Waals surface area contributed by atoms with Crippen LogP contribution in [0, 0.1) is 11.8 Å². The van der Waals surface area contributed by atoms with Crippen LogP contribution in [0.4, 0.5) is 5.69 Å². The highest BCUT2D eigenvalue weighted by atomic mass is 35.5. The number of nitrogens with one attached hydrogen (secondary N) is 1. The van der Waals surface area contributed by atoms with E-state index >= 15 is 0 Å². The first-order valence-electron chi connectivity index (χ1n) is 16.1. The van der Waals surface area contributed by atoms with Crippen molar-refractivity contribution in [1.82, 2.24) is 25.1 Å². The maximum atomic E-state index is 13.9. The van der Waals surface area contributed by atoms with Gasteiger partial charge in [-0.2, -0.15) is 10.1 Å². The van der Waals surface area contributed by atoms with Crippen LogP contribution < -0.4 is 21.1 Å². The molecule has 0 spiro atoms. The second-order valence-corrected chi connectivity index (χ2v) is 12.7. The zero-order valence-corrected chi connectivity index (χ0v) is 27.7. The number of carbonyl (C=O) groups excluding carboxylic acids is 2. The van der Waals surface area contributed by atoms with Crippen molar-refractivity contribution < 1.29 is 14.3 Å². The standard InChI is InChI=1S/C35H43ClN8O3/c1-43(2)18-3-19-47-31-17-14-28(22-39-31)25-8-4-23(5-9-25)20-30(38)34(46)44(33(45)27-10-6-24(21-37)7-11-27)29-15-12-26(13-16-29)32-40-35(36)42-41-32/h4-5,8-9,12-17,22,24,27,30H,3,6-7,10-11,18-21,37-38H2,1-2H3,(H,40,41,42)/t24?,27?,30-/m0/s1. The Kier molecular flexibility index (Phi) is 11.7. The van der Waals surface area contributed by atoms with Crippen molar-refractivity contribution >= 4 is 29.1 Å². The first-order chi connectivity index (χ1) is 22.7. The van der Waals surface area contributed by atoms with E-state index in [-0.39, 0.29) is 23.5 Å². The van der Waals surface area contributed by atoms with Crippen LogP contribution in [0.5, 0.6) is 5.88 Å². The van der Waals surface area contributed by atoms with Crippen molar-refractivity contribution in [3.05, 3.63) is 77.7 Å². The lowest BCUT2D eigenvalue weighted by molar-refractivity contribution is -0.130. The van der Waals surface area contributed by atoms with Gasteiger partial charge in [-0.05, 0) is 118 Å². The highest BCUT2D eigenvalue weighted by molar-refractivity contribution is 6.28. The van der Waals surface area contributed by atoms with Crippen LogP contribution in [-0.4, -0.2) is 76.7 Å². The predicted octanol–water partition coefficient (Wildman–Crippen LogP) is 4.71. The third-order valence-electron chi connectivity index (χ3n) is 8.61. The first-order valence-corrected chi connectivity index (χ1v) is 16.4. The van der Waals surface area contributed by atoms with Crippen LogP contribution in [0.1, 0.15) is 37.7 Å². The van der Waals surface area contributed by atoms with Crippen molar-refractivity contribution in [1.29, 1.82) is 0 Å². The Morgan fingerprint density at radius 3 is 2.26 bits per heavy atom. The molecule has 12 heteroatoms. The molecule has 0 bridgehead atoms. The third-order valence-corrected chi connectivity index (χ3v) is 8.78. The first kappa shape index (κ1) is 34.2. The summed E-state index contributed by atoms with van der Waals surface area (Å²) >= 11 is 5.90. The van der Waals surface area contributed by atoms with Gasteiger partial charge >= 0.3 is 0 Å². The molecule has 0 radical (unpaired) electrons. The maximum absolute atomic E-state index is 13.9. The topological polar surface area (TPSA) is 156 Å². The monoisotopic (exact) mass is 658 g/mol. The average molecular weight is 659 g/mol.